The molecule has 0 spiro atoms. The molecule has 1 N–H and O–H groups in total. The third kappa shape index (κ3) is 2.45. The lowest BCUT2D eigenvalue weighted by Gasteiger charge is -2.22. The molecular weight excluding hydrogens is 244 g/mol. The van der Waals surface area contributed by atoms with E-state index in [4.69, 9.17) is 0 Å². The number of fused-ring (bicyclic) bond motifs is 1. The molecule has 1 saturated carbocycles. The van der Waals surface area contributed by atoms with Crippen molar-refractivity contribution in [2.24, 2.45) is 11.3 Å². The van der Waals surface area contributed by atoms with Crippen LogP contribution in [0.25, 0.3) is 10.9 Å². The van der Waals surface area contributed by atoms with Crippen LogP contribution < -0.4 is 5.32 Å². The molecule has 20 heavy (non-hydrogen) atoms. The highest BCUT2D eigenvalue weighted by Crippen LogP contribution is 2.58. The summed E-state index contributed by atoms with van der Waals surface area (Å²) in [6.45, 7) is 8.06. The van der Waals surface area contributed by atoms with Gasteiger partial charge in [0.25, 0.3) is 0 Å². The standard InChI is InChI=1S/C18H24N2/c1-4-10-20-17(15-12-18(15,2)3)14-7-5-9-16-13(14)8-6-11-19-16/h5-9,11,15,17,20H,4,10,12H2,1-3H3. The molecule has 1 aromatic carbocycles. The summed E-state index contributed by atoms with van der Waals surface area (Å²) in [6, 6.07) is 11.2. The first kappa shape index (κ1) is 13.6. The zero-order valence-electron chi connectivity index (χ0n) is 12.7. The van der Waals surface area contributed by atoms with Crippen LogP contribution in [-0.2, 0) is 0 Å². The van der Waals surface area contributed by atoms with Gasteiger partial charge in [-0.3, -0.25) is 4.98 Å². The third-order valence-corrected chi connectivity index (χ3v) is 4.62. The van der Waals surface area contributed by atoms with Crippen LogP contribution in [0.15, 0.2) is 36.5 Å². The highest BCUT2D eigenvalue weighted by Gasteiger charge is 2.50. The average molecular weight is 268 g/mol. The van der Waals surface area contributed by atoms with Crippen LogP contribution in [-0.4, -0.2) is 11.5 Å². The predicted molar refractivity (Wildman–Crippen MR) is 84.7 cm³/mol. The first-order valence-electron chi connectivity index (χ1n) is 7.70. The zero-order valence-corrected chi connectivity index (χ0v) is 12.7. The molecule has 1 fully saturated rings. The van der Waals surface area contributed by atoms with Gasteiger partial charge in [-0.15, -0.1) is 0 Å². The number of pyridine rings is 1. The number of aromatic nitrogens is 1. The first-order chi connectivity index (χ1) is 9.63. The van der Waals surface area contributed by atoms with Crippen molar-refractivity contribution in [2.45, 2.75) is 39.7 Å². The van der Waals surface area contributed by atoms with Crippen molar-refractivity contribution in [3.63, 3.8) is 0 Å². The Balaban J connectivity index is 2.00. The van der Waals surface area contributed by atoms with Crippen molar-refractivity contribution in [1.82, 2.24) is 10.3 Å². The number of benzene rings is 1. The molecule has 0 amide bonds. The Kier molecular flexibility index (Phi) is 3.51. The monoisotopic (exact) mass is 268 g/mol. The Bertz CT molecular complexity index is 598. The van der Waals surface area contributed by atoms with Gasteiger partial charge in [0.1, 0.15) is 0 Å². The second kappa shape index (κ2) is 5.17. The summed E-state index contributed by atoms with van der Waals surface area (Å²) in [5, 5.41) is 5.07. The molecule has 0 radical (unpaired) electrons. The minimum absolute atomic E-state index is 0.456. The number of nitrogens with one attached hydrogen (secondary N) is 1. The fourth-order valence-electron chi connectivity index (χ4n) is 3.24. The summed E-state index contributed by atoms with van der Waals surface area (Å²) in [5.41, 5.74) is 2.99. The van der Waals surface area contributed by atoms with E-state index in [0.717, 1.165) is 18.0 Å². The van der Waals surface area contributed by atoms with E-state index >= 15 is 0 Å². The van der Waals surface area contributed by atoms with E-state index in [9.17, 15) is 0 Å². The molecule has 2 unspecified atom stereocenters. The van der Waals surface area contributed by atoms with Crippen molar-refractivity contribution < 1.29 is 0 Å². The SMILES string of the molecule is CCCNC(c1cccc2ncccc12)C1CC1(C)C. The van der Waals surface area contributed by atoms with Gasteiger partial charge in [-0.1, -0.05) is 39.0 Å². The summed E-state index contributed by atoms with van der Waals surface area (Å²) < 4.78 is 0. The number of rotatable bonds is 5. The summed E-state index contributed by atoms with van der Waals surface area (Å²) in [5.74, 6) is 0.736. The van der Waals surface area contributed by atoms with Gasteiger partial charge in [0.05, 0.1) is 5.52 Å². The summed E-state index contributed by atoms with van der Waals surface area (Å²) in [6.07, 6.45) is 4.36. The average Bonchev–Trinajstić information content (AvgIpc) is 3.08. The molecule has 0 bridgehead atoms. The fraction of sp³-hybridized carbons (Fsp3) is 0.500. The molecule has 2 nitrogen and oxygen atoms in total. The highest BCUT2D eigenvalue weighted by atomic mass is 14.9. The van der Waals surface area contributed by atoms with Crippen LogP contribution in [0.5, 0.6) is 0 Å². The van der Waals surface area contributed by atoms with E-state index in [0.29, 0.717) is 11.5 Å². The van der Waals surface area contributed by atoms with E-state index in [1.54, 1.807) is 0 Å². The second-order valence-corrected chi connectivity index (χ2v) is 6.65. The minimum atomic E-state index is 0.456. The van der Waals surface area contributed by atoms with Gasteiger partial charge in [0.2, 0.25) is 0 Å². The van der Waals surface area contributed by atoms with Gasteiger partial charge in [-0.2, -0.15) is 0 Å². The van der Waals surface area contributed by atoms with Crippen molar-refractivity contribution in [3.8, 4) is 0 Å². The molecule has 106 valence electrons. The molecule has 1 aliphatic rings. The maximum absolute atomic E-state index is 4.49. The number of hydrogen-bond donors (Lipinski definition) is 1. The van der Waals surface area contributed by atoms with E-state index in [1.807, 2.05) is 12.3 Å². The van der Waals surface area contributed by atoms with Gasteiger partial charge in [0.15, 0.2) is 0 Å². The van der Waals surface area contributed by atoms with Crippen LogP contribution >= 0.6 is 0 Å². The molecule has 3 rings (SSSR count). The maximum Gasteiger partial charge on any atom is 0.0705 e. The smallest absolute Gasteiger partial charge is 0.0705 e. The van der Waals surface area contributed by atoms with Crippen molar-refractivity contribution >= 4 is 10.9 Å². The lowest BCUT2D eigenvalue weighted by molar-refractivity contribution is 0.418. The third-order valence-electron chi connectivity index (χ3n) is 4.62. The van der Waals surface area contributed by atoms with Crippen molar-refractivity contribution in [1.29, 1.82) is 0 Å². The number of hydrogen-bond acceptors (Lipinski definition) is 2. The summed E-state index contributed by atoms with van der Waals surface area (Å²) in [7, 11) is 0. The Morgan fingerprint density at radius 1 is 1.30 bits per heavy atom. The Morgan fingerprint density at radius 3 is 2.80 bits per heavy atom. The van der Waals surface area contributed by atoms with E-state index in [-0.39, 0.29) is 0 Å². The van der Waals surface area contributed by atoms with E-state index in [1.165, 1.54) is 23.8 Å². The minimum Gasteiger partial charge on any atom is -0.310 e. The molecule has 1 aromatic heterocycles. The zero-order chi connectivity index (χ0) is 14.2. The van der Waals surface area contributed by atoms with Gasteiger partial charge in [-0.05, 0) is 48.4 Å². The number of nitrogens with zero attached hydrogens (tertiary/aromatic N) is 1. The largest absolute Gasteiger partial charge is 0.310 e. The molecular formula is C18H24N2. The molecule has 1 heterocycles. The Hall–Kier alpha value is -1.41. The van der Waals surface area contributed by atoms with Crippen molar-refractivity contribution in [2.75, 3.05) is 6.54 Å². The fourth-order valence-corrected chi connectivity index (χ4v) is 3.24. The molecule has 2 aromatic rings. The predicted octanol–water partition coefficient (Wildman–Crippen LogP) is 4.32. The molecule has 1 aliphatic carbocycles. The van der Waals surface area contributed by atoms with E-state index < -0.39 is 0 Å². The molecule has 0 saturated heterocycles. The van der Waals surface area contributed by atoms with Gasteiger partial charge in [-0.25, -0.2) is 0 Å². The van der Waals surface area contributed by atoms with Gasteiger partial charge < -0.3 is 5.32 Å². The Morgan fingerprint density at radius 2 is 2.10 bits per heavy atom. The van der Waals surface area contributed by atoms with Crippen LogP contribution in [0.3, 0.4) is 0 Å². The lowest BCUT2D eigenvalue weighted by Crippen LogP contribution is -2.25. The topological polar surface area (TPSA) is 24.9 Å². The Labute approximate surface area is 121 Å². The normalized spacial score (nSPS) is 21.9. The molecule has 2 heteroatoms. The van der Waals surface area contributed by atoms with Gasteiger partial charge >= 0.3 is 0 Å². The van der Waals surface area contributed by atoms with Crippen LogP contribution in [0.1, 0.15) is 45.2 Å². The molecule has 2 atom stereocenters. The van der Waals surface area contributed by atoms with Crippen molar-refractivity contribution in [3.05, 3.63) is 42.1 Å². The van der Waals surface area contributed by atoms with Crippen LogP contribution in [0.2, 0.25) is 0 Å². The summed E-state index contributed by atoms with van der Waals surface area (Å²) in [4.78, 5) is 4.49. The van der Waals surface area contributed by atoms with Crippen LogP contribution in [0, 0.1) is 11.3 Å². The maximum atomic E-state index is 4.49. The lowest BCUT2D eigenvalue weighted by atomic mass is 9.94. The van der Waals surface area contributed by atoms with Crippen LogP contribution in [0.4, 0.5) is 0 Å². The van der Waals surface area contributed by atoms with Gasteiger partial charge in [0, 0.05) is 17.6 Å². The highest BCUT2D eigenvalue weighted by molar-refractivity contribution is 5.82. The summed E-state index contributed by atoms with van der Waals surface area (Å²) >= 11 is 0. The molecule has 0 aliphatic heterocycles. The second-order valence-electron chi connectivity index (χ2n) is 6.65. The van der Waals surface area contributed by atoms with E-state index in [2.05, 4.69) is 55.3 Å². The first-order valence-corrected chi connectivity index (χ1v) is 7.70. The quantitative estimate of drug-likeness (QED) is 0.873.